The summed E-state index contributed by atoms with van der Waals surface area (Å²) in [6.45, 7) is 4.41. The molecule has 1 aromatic carbocycles. The predicted octanol–water partition coefficient (Wildman–Crippen LogP) is 2.51. The van der Waals surface area contributed by atoms with Crippen LogP contribution in [-0.2, 0) is 9.47 Å². The topological polar surface area (TPSA) is 49.0 Å². The van der Waals surface area contributed by atoms with E-state index in [9.17, 15) is 0 Å². The average molecular weight is 295 g/mol. The second kappa shape index (κ2) is 8.22. The van der Waals surface area contributed by atoms with Gasteiger partial charge >= 0.3 is 0 Å². The lowest BCUT2D eigenvalue weighted by atomic mass is 10.0. The molecule has 1 unspecified atom stereocenters. The van der Waals surface area contributed by atoms with Crippen molar-refractivity contribution < 1.29 is 18.9 Å². The van der Waals surface area contributed by atoms with Gasteiger partial charge in [0.2, 0.25) is 0 Å². The summed E-state index contributed by atoms with van der Waals surface area (Å²) in [5, 5.41) is 3.54. The Morgan fingerprint density at radius 1 is 1.24 bits per heavy atom. The Morgan fingerprint density at radius 2 is 2.00 bits per heavy atom. The first kappa shape index (κ1) is 16.1. The van der Waals surface area contributed by atoms with E-state index in [2.05, 4.69) is 12.2 Å². The van der Waals surface area contributed by atoms with E-state index in [1.807, 2.05) is 18.2 Å². The van der Waals surface area contributed by atoms with Crippen molar-refractivity contribution in [3.8, 4) is 11.5 Å². The van der Waals surface area contributed by atoms with Gasteiger partial charge in [-0.15, -0.1) is 0 Å². The molecular formula is C16H25NO4. The minimum Gasteiger partial charge on any atom is -0.497 e. The zero-order valence-corrected chi connectivity index (χ0v) is 13.1. The van der Waals surface area contributed by atoms with Crippen molar-refractivity contribution >= 4 is 0 Å². The fourth-order valence-corrected chi connectivity index (χ4v) is 2.49. The molecule has 5 nitrogen and oxygen atoms in total. The standard InChI is InChI=1S/C16H25NO4/c1-4-7-17-14(11-16-20-8-9-21-16)13-10-12(18-2)5-6-15(13)19-3/h5-6,10,14,16-17H,4,7-9,11H2,1-3H3. The van der Waals surface area contributed by atoms with Gasteiger partial charge in [0.1, 0.15) is 11.5 Å². The molecule has 0 spiro atoms. The molecule has 1 aromatic rings. The zero-order chi connectivity index (χ0) is 15.1. The maximum absolute atomic E-state index is 5.58. The van der Waals surface area contributed by atoms with E-state index in [-0.39, 0.29) is 12.3 Å². The Labute approximate surface area is 126 Å². The van der Waals surface area contributed by atoms with Crippen LogP contribution in [-0.4, -0.2) is 40.3 Å². The Morgan fingerprint density at radius 3 is 2.62 bits per heavy atom. The van der Waals surface area contributed by atoms with E-state index in [4.69, 9.17) is 18.9 Å². The van der Waals surface area contributed by atoms with Crippen LogP contribution in [0.15, 0.2) is 18.2 Å². The van der Waals surface area contributed by atoms with Gasteiger partial charge in [0, 0.05) is 18.0 Å². The number of rotatable bonds is 8. The predicted molar refractivity (Wildman–Crippen MR) is 80.9 cm³/mol. The van der Waals surface area contributed by atoms with Crippen LogP contribution in [0.5, 0.6) is 11.5 Å². The third-order valence-corrected chi connectivity index (χ3v) is 3.57. The molecule has 118 valence electrons. The summed E-state index contributed by atoms with van der Waals surface area (Å²) >= 11 is 0. The largest absolute Gasteiger partial charge is 0.497 e. The monoisotopic (exact) mass is 295 g/mol. The van der Waals surface area contributed by atoms with Gasteiger partial charge in [-0.05, 0) is 31.2 Å². The molecule has 0 amide bonds. The molecule has 0 aliphatic carbocycles. The molecule has 0 bridgehead atoms. The zero-order valence-electron chi connectivity index (χ0n) is 13.1. The molecule has 5 heteroatoms. The Hall–Kier alpha value is -1.30. The van der Waals surface area contributed by atoms with E-state index < -0.39 is 0 Å². The molecule has 1 heterocycles. The fourth-order valence-electron chi connectivity index (χ4n) is 2.49. The number of nitrogens with one attached hydrogen (secondary N) is 1. The summed E-state index contributed by atoms with van der Waals surface area (Å²) in [6, 6.07) is 5.96. The average Bonchev–Trinajstić information content (AvgIpc) is 3.03. The summed E-state index contributed by atoms with van der Waals surface area (Å²) < 4.78 is 22.0. The van der Waals surface area contributed by atoms with Crippen molar-refractivity contribution in [3.05, 3.63) is 23.8 Å². The number of benzene rings is 1. The highest BCUT2D eigenvalue weighted by Gasteiger charge is 2.24. The van der Waals surface area contributed by atoms with E-state index in [1.54, 1.807) is 14.2 Å². The first-order chi connectivity index (χ1) is 10.3. The van der Waals surface area contributed by atoms with E-state index in [0.29, 0.717) is 13.2 Å². The van der Waals surface area contributed by atoms with Crippen molar-refractivity contribution in [1.29, 1.82) is 0 Å². The van der Waals surface area contributed by atoms with Gasteiger partial charge in [0.25, 0.3) is 0 Å². The molecule has 0 aromatic heterocycles. The lowest BCUT2D eigenvalue weighted by Gasteiger charge is -2.24. The first-order valence-corrected chi connectivity index (χ1v) is 7.47. The van der Waals surface area contributed by atoms with Crippen LogP contribution in [0.25, 0.3) is 0 Å². The van der Waals surface area contributed by atoms with Gasteiger partial charge in [-0.1, -0.05) is 6.92 Å². The van der Waals surface area contributed by atoms with Gasteiger partial charge in [-0.3, -0.25) is 0 Å². The first-order valence-electron chi connectivity index (χ1n) is 7.47. The summed E-state index contributed by atoms with van der Waals surface area (Å²) in [5.74, 6) is 1.67. The van der Waals surface area contributed by atoms with Crippen molar-refractivity contribution in [1.82, 2.24) is 5.32 Å². The van der Waals surface area contributed by atoms with Gasteiger partial charge < -0.3 is 24.3 Å². The second-order valence-corrected chi connectivity index (χ2v) is 5.02. The van der Waals surface area contributed by atoms with Gasteiger partial charge in [-0.2, -0.15) is 0 Å². The molecule has 0 radical (unpaired) electrons. The SMILES string of the molecule is CCCNC(CC1OCCO1)c1cc(OC)ccc1OC. The highest BCUT2D eigenvalue weighted by molar-refractivity contribution is 5.42. The lowest BCUT2D eigenvalue weighted by Crippen LogP contribution is -2.27. The summed E-state index contributed by atoms with van der Waals surface area (Å²) in [5.41, 5.74) is 1.07. The van der Waals surface area contributed by atoms with Crippen molar-refractivity contribution in [2.45, 2.75) is 32.1 Å². The summed E-state index contributed by atoms with van der Waals surface area (Å²) in [6.07, 6.45) is 1.66. The smallest absolute Gasteiger partial charge is 0.159 e. The maximum Gasteiger partial charge on any atom is 0.159 e. The van der Waals surface area contributed by atoms with Crippen LogP contribution < -0.4 is 14.8 Å². The summed E-state index contributed by atoms with van der Waals surface area (Å²) in [4.78, 5) is 0. The highest BCUT2D eigenvalue weighted by Crippen LogP contribution is 2.32. The third-order valence-electron chi connectivity index (χ3n) is 3.57. The van der Waals surface area contributed by atoms with Gasteiger partial charge in [0.15, 0.2) is 6.29 Å². The van der Waals surface area contributed by atoms with Crippen LogP contribution in [0.1, 0.15) is 31.4 Å². The van der Waals surface area contributed by atoms with E-state index in [0.717, 1.165) is 36.4 Å². The molecule has 1 aliphatic rings. The third kappa shape index (κ3) is 4.33. The normalized spacial score (nSPS) is 16.9. The lowest BCUT2D eigenvalue weighted by molar-refractivity contribution is -0.0531. The molecule has 1 aliphatic heterocycles. The number of hydrogen-bond acceptors (Lipinski definition) is 5. The van der Waals surface area contributed by atoms with E-state index >= 15 is 0 Å². The molecular weight excluding hydrogens is 270 g/mol. The second-order valence-electron chi connectivity index (χ2n) is 5.02. The van der Waals surface area contributed by atoms with Crippen LogP contribution in [0.3, 0.4) is 0 Å². The molecule has 1 atom stereocenters. The van der Waals surface area contributed by atoms with Gasteiger partial charge in [0.05, 0.1) is 27.4 Å². The Bertz CT molecular complexity index is 432. The number of methoxy groups -OCH3 is 2. The van der Waals surface area contributed by atoms with Crippen LogP contribution in [0.4, 0.5) is 0 Å². The van der Waals surface area contributed by atoms with Crippen molar-refractivity contribution in [3.63, 3.8) is 0 Å². The molecule has 1 N–H and O–H groups in total. The summed E-state index contributed by atoms with van der Waals surface area (Å²) in [7, 11) is 3.36. The quantitative estimate of drug-likeness (QED) is 0.798. The fraction of sp³-hybridized carbons (Fsp3) is 0.625. The Balaban J connectivity index is 2.20. The van der Waals surface area contributed by atoms with Crippen LogP contribution in [0.2, 0.25) is 0 Å². The van der Waals surface area contributed by atoms with Crippen LogP contribution >= 0.6 is 0 Å². The Kier molecular flexibility index (Phi) is 6.29. The maximum atomic E-state index is 5.58. The van der Waals surface area contributed by atoms with Crippen LogP contribution in [0, 0.1) is 0 Å². The van der Waals surface area contributed by atoms with E-state index in [1.165, 1.54) is 0 Å². The molecule has 21 heavy (non-hydrogen) atoms. The highest BCUT2D eigenvalue weighted by atomic mass is 16.7. The minimum atomic E-state index is -0.157. The molecule has 1 saturated heterocycles. The minimum absolute atomic E-state index is 0.109. The molecule has 2 rings (SSSR count). The van der Waals surface area contributed by atoms with Crippen molar-refractivity contribution in [2.75, 3.05) is 34.0 Å². The number of hydrogen-bond donors (Lipinski definition) is 1. The van der Waals surface area contributed by atoms with Gasteiger partial charge in [-0.25, -0.2) is 0 Å². The van der Waals surface area contributed by atoms with Crippen molar-refractivity contribution in [2.24, 2.45) is 0 Å². The molecule has 0 saturated carbocycles. The molecule has 1 fully saturated rings. The number of ether oxygens (including phenoxy) is 4.